The quantitative estimate of drug-likeness (QED) is 0.681. The lowest BCUT2D eigenvalue weighted by Gasteiger charge is -2.31. The lowest BCUT2D eigenvalue weighted by molar-refractivity contribution is -0.123. The second-order valence-electron chi connectivity index (χ2n) is 7.99. The molecule has 0 bridgehead atoms. The highest BCUT2D eigenvalue weighted by Crippen LogP contribution is 2.19. The second-order valence-corrected chi connectivity index (χ2v) is 7.99. The zero-order valence-corrected chi connectivity index (χ0v) is 17.4. The average molecular weight is 397 g/mol. The number of rotatable bonds is 9. The molecule has 2 atom stereocenters. The summed E-state index contributed by atoms with van der Waals surface area (Å²) in [6.07, 6.45) is 4.73. The number of ether oxygens (including phenoxy) is 1. The van der Waals surface area contributed by atoms with E-state index in [0.29, 0.717) is 11.9 Å². The minimum Gasteiger partial charge on any atom is -0.481 e. The number of likely N-dealkylation sites (tertiary alicyclic amines) is 1. The van der Waals surface area contributed by atoms with Crippen molar-refractivity contribution >= 4 is 5.91 Å². The number of pyridine rings is 1. The topological polar surface area (TPSA) is 80.5 Å². The van der Waals surface area contributed by atoms with E-state index in [9.17, 15) is 4.79 Å². The van der Waals surface area contributed by atoms with E-state index in [1.54, 1.807) is 7.11 Å². The maximum atomic E-state index is 11.5. The summed E-state index contributed by atoms with van der Waals surface area (Å²) in [6, 6.07) is 13.0. The van der Waals surface area contributed by atoms with Gasteiger partial charge < -0.3 is 15.8 Å². The lowest BCUT2D eigenvalue weighted by atomic mass is 9.97. The van der Waals surface area contributed by atoms with E-state index in [4.69, 9.17) is 10.5 Å². The molecule has 2 heterocycles. The van der Waals surface area contributed by atoms with Crippen LogP contribution in [0.5, 0.6) is 5.88 Å². The number of methoxy groups -OCH3 is 1. The zero-order valence-electron chi connectivity index (χ0n) is 17.4. The number of primary amides is 1. The Kier molecular flexibility index (Phi) is 7.61. The van der Waals surface area contributed by atoms with Crippen molar-refractivity contribution < 1.29 is 9.53 Å². The van der Waals surface area contributed by atoms with Crippen molar-refractivity contribution in [2.45, 2.75) is 45.3 Å². The molecule has 0 spiro atoms. The second kappa shape index (κ2) is 10.4. The van der Waals surface area contributed by atoms with E-state index >= 15 is 0 Å². The van der Waals surface area contributed by atoms with E-state index in [1.807, 2.05) is 12.3 Å². The lowest BCUT2D eigenvalue weighted by Crippen LogP contribution is -2.40. The van der Waals surface area contributed by atoms with Crippen molar-refractivity contribution in [2.75, 3.05) is 20.2 Å². The Labute approximate surface area is 173 Å². The molecule has 29 heavy (non-hydrogen) atoms. The first-order valence-corrected chi connectivity index (χ1v) is 10.4. The van der Waals surface area contributed by atoms with Crippen LogP contribution in [0.1, 0.15) is 36.5 Å². The number of aromatic nitrogens is 1. The molecule has 1 fully saturated rings. The maximum absolute atomic E-state index is 11.5. The van der Waals surface area contributed by atoms with Crippen molar-refractivity contribution in [3.8, 4) is 5.88 Å². The Morgan fingerprint density at radius 3 is 2.86 bits per heavy atom. The van der Waals surface area contributed by atoms with Crippen molar-refractivity contribution in [2.24, 2.45) is 11.7 Å². The van der Waals surface area contributed by atoms with Crippen LogP contribution < -0.4 is 15.8 Å². The summed E-state index contributed by atoms with van der Waals surface area (Å²) in [5, 5.41) is 3.60. The molecule has 0 aliphatic carbocycles. The fourth-order valence-corrected chi connectivity index (χ4v) is 3.90. The number of amides is 1. The van der Waals surface area contributed by atoms with E-state index < -0.39 is 0 Å². The molecule has 0 radical (unpaired) electrons. The van der Waals surface area contributed by atoms with E-state index in [0.717, 1.165) is 45.4 Å². The number of nitrogens with one attached hydrogen (secondary N) is 1. The van der Waals surface area contributed by atoms with Gasteiger partial charge >= 0.3 is 0 Å². The van der Waals surface area contributed by atoms with Gasteiger partial charge in [0.25, 0.3) is 0 Å². The zero-order chi connectivity index (χ0) is 20.6. The van der Waals surface area contributed by atoms with Crippen LogP contribution in [-0.4, -0.2) is 42.0 Å². The summed E-state index contributed by atoms with van der Waals surface area (Å²) < 4.78 is 5.11. The first-order valence-electron chi connectivity index (χ1n) is 10.4. The van der Waals surface area contributed by atoms with Gasteiger partial charge in [0, 0.05) is 37.9 Å². The van der Waals surface area contributed by atoms with Gasteiger partial charge in [0.05, 0.1) is 13.0 Å². The van der Waals surface area contributed by atoms with Gasteiger partial charge in [-0.25, -0.2) is 4.98 Å². The summed E-state index contributed by atoms with van der Waals surface area (Å²) in [6.45, 7) is 5.67. The van der Waals surface area contributed by atoms with Crippen LogP contribution in [0.25, 0.3) is 0 Å². The molecule has 6 nitrogen and oxygen atoms in total. The number of carbonyl (C=O) groups excluding carboxylic acids is 1. The van der Waals surface area contributed by atoms with E-state index in [-0.39, 0.29) is 11.8 Å². The Morgan fingerprint density at radius 2 is 2.14 bits per heavy atom. The number of hydrogen-bond donors (Lipinski definition) is 2. The predicted octanol–water partition coefficient (Wildman–Crippen LogP) is 2.51. The summed E-state index contributed by atoms with van der Waals surface area (Å²) >= 11 is 0. The molecule has 1 aromatic carbocycles. The third kappa shape index (κ3) is 6.54. The standard InChI is InChI=1S/C23H32N4O2/c1-17(11-19-8-9-22(29-2)26-14-19)25-13-18-5-3-6-20(12-18)15-27-10-4-7-21(16-27)23(24)28/h3,5-6,8-9,12,14,17,21,25H,4,7,10-11,13,15-16H2,1-2H3,(H2,24,28). The number of nitrogens with zero attached hydrogens (tertiary/aromatic N) is 2. The third-order valence-electron chi connectivity index (χ3n) is 5.51. The van der Waals surface area contributed by atoms with Crippen molar-refractivity contribution in [3.63, 3.8) is 0 Å². The van der Waals surface area contributed by atoms with Crippen LogP contribution in [0.2, 0.25) is 0 Å². The Hall–Kier alpha value is -2.44. The van der Waals surface area contributed by atoms with Gasteiger partial charge in [-0.15, -0.1) is 0 Å². The summed E-state index contributed by atoms with van der Waals surface area (Å²) in [5.41, 5.74) is 9.24. The highest BCUT2D eigenvalue weighted by molar-refractivity contribution is 5.76. The Morgan fingerprint density at radius 1 is 1.31 bits per heavy atom. The fourth-order valence-electron chi connectivity index (χ4n) is 3.90. The first-order chi connectivity index (χ1) is 14.0. The van der Waals surface area contributed by atoms with Crippen molar-refractivity contribution in [3.05, 3.63) is 59.3 Å². The van der Waals surface area contributed by atoms with Crippen LogP contribution in [0.15, 0.2) is 42.6 Å². The summed E-state index contributed by atoms with van der Waals surface area (Å²) in [7, 11) is 1.63. The molecular weight excluding hydrogens is 364 g/mol. The molecule has 2 aromatic rings. The third-order valence-corrected chi connectivity index (χ3v) is 5.51. The largest absolute Gasteiger partial charge is 0.481 e. The summed E-state index contributed by atoms with van der Waals surface area (Å²) in [5.74, 6) is 0.456. The van der Waals surface area contributed by atoms with Crippen molar-refractivity contribution in [1.29, 1.82) is 0 Å². The number of nitrogens with two attached hydrogens (primary N) is 1. The molecule has 1 saturated heterocycles. The molecule has 0 saturated carbocycles. The molecule has 1 amide bonds. The first kappa shape index (κ1) is 21.3. The maximum Gasteiger partial charge on any atom is 0.221 e. The minimum absolute atomic E-state index is 0.0121. The smallest absolute Gasteiger partial charge is 0.221 e. The average Bonchev–Trinajstić information content (AvgIpc) is 2.73. The van der Waals surface area contributed by atoms with Crippen LogP contribution in [-0.2, 0) is 24.3 Å². The van der Waals surface area contributed by atoms with Gasteiger partial charge in [-0.1, -0.05) is 30.3 Å². The molecule has 1 aliphatic heterocycles. The SMILES string of the molecule is COc1ccc(CC(C)NCc2cccc(CN3CCCC(C(N)=O)C3)c2)cn1. The molecule has 3 rings (SSSR count). The molecule has 1 aromatic heterocycles. The van der Waals surface area contributed by atoms with Crippen molar-refractivity contribution in [1.82, 2.24) is 15.2 Å². The van der Waals surface area contributed by atoms with Gasteiger partial charge in [-0.05, 0) is 49.4 Å². The van der Waals surface area contributed by atoms with Gasteiger partial charge in [-0.2, -0.15) is 0 Å². The molecule has 156 valence electrons. The van der Waals surface area contributed by atoms with Crippen LogP contribution in [0.4, 0.5) is 0 Å². The molecule has 6 heteroatoms. The van der Waals surface area contributed by atoms with Crippen LogP contribution in [0, 0.1) is 5.92 Å². The number of piperidine rings is 1. The number of carbonyl (C=O) groups is 1. The number of benzene rings is 1. The van der Waals surface area contributed by atoms with Gasteiger partial charge in [0.1, 0.15) is 0 Å². The van der Waals surface area contributed by atoms with E-state index in [2.05, 4.69) is 52.5 Å². The molecule has 3 N–H and O–H groups in total. The highest BCUT2D eigenvalue weighted by atomic mass is 16.5. The Bertz CT molecular complexity index is 794. The monoisotopic (exact) mass is 396 g/mol. The molecule has 2 unspecified atom stereocenters. The fraction of sp³-hybridized carbons (Fsp3) is 0.478. The number of hydrogen-bond acceptors (Lipinski definition) is 5. The van der Waals surface area contributed by atoms with Crippen LogP contribution >= 0.6 is 0 Å². The van der Waals surface area contributed by atoms with Crippen LogP contribution in [0.3, 0.4) is 0 Å². The van der Waals surface area contributed by atoms with Gasteiger partial charge in [-0.3, -0.25) is 9.69 Å². The molecule has 1 aliphatic rings. The van der Waals surface area contributed by atoms with Gasteiger partial charge in [0.15, 0.2) is 0 Å². The molecular formula is C23H32N4O2. The Balaban J connectivity index is 1.49. The van der Waals surface area contributed by atoms with Gasteiger partial charge in [0.2, 0.25) is 11.8 Å². The highest BCUT2D eigenvalue weighted by Gasteiger charge is 2.23. The normalized spacial score (nSPS) is 18.3. The van der Waals surface area contributed by atoms with E-state index in [1.165, 1.54) is 16.7 Å². The predicted molar refractivity (Wildman–Crippen MR) is 114 cm³/mol. The minimum atomic E-state index is -0.173. The summed E-state index contributed by atoms with van der Waals surface area (Å²) in [4.78, 5) is 18.1.